The van der Waals surface area contributed by atoms with Crippen LogP contribution in [0.25, 0.3) is 0 Å². The monoisotopic (exact) mass is 377 g/mol. The van der Waals surface area contributed by atoms with Gasteiger partial charge < -0.3 is 19.7 Å². The first-order valence-corrected chi connectivity index (χ1v) is 10.2. The molecular weight excluding hydrogens is 340 g/mol. The fourth-order valence-corrected chi connectivity index (χ4v) is 4.00. The van der Waals surface area contributed by atoms with Crippen LogP contribution in [0.15, 0.2) is 24.3 Å². The largest absolute Gasteiger partial charge is 0.496 e. The van der Waals surface area contributed by atoms with Gasteiger partial charge in [-0.15, -0.1) is 0 Å². The number of benzene rings is 1. The smallest absolute Gasteiger partial charge is 0.220 e. The van der Waals surface area contributed by atoms with E-state index in [1.807, 2.05) is 18.2 Å². The van der Waals surface area contributed by atoms with E-state index >= 15 is 0 Å². The van der Waals surface area contributed by atoms with Crippen molar-refractivity contribution in [3.8, 4) is 5.75 Å². The fraction of sp³-hybridized carbons (Fsp3) is 0.682. The lowest BCUT2D eigenvalue weighted by Crippen LogP contribution is -3.05. The number of quaternary nitrogens is 1. The molecule has 5 nitrogen and oxygen atoms in total. The summed E-state index contributed by atoms with van der Waals surface area (Å²) in [5.41, 5.74) is 0.894. The number of para-hydroxylation sites is 1. The van der Waals surface area contributed by atoms with E-state index in [2.05, 4.69) is 39.3 Å². The van der Waals surface area contributed by atoms with Gasteiger partial charge in [-0.1, -0.05) is 32.0 Å². The minimum Gasteiger partial charge on any atom is -0.496 e. The summed E-state index contributed by atoms with van der Waals surface area (Å²) in [6.45, 7) is 6.84. The van der Waals surface area contributed by atoms with E-state index in [4.69, 9.17) is 9.47 Å². The molecule has 0 saturated carbocycles. The summed E-state index contributed by atoms with van der Waals surface area (Å²) >= 11 is 0. The maximum absolute atomic E-state index is 12.8. The molecule has 27 heavy (non-hydrogen) atoms. The molecule has 1 aliphatic rings. The van der Waals surface area contributed by atoms with Crippen molar-refractivity contribution in [2.24, 2.45) is 5.92 Å². The second kappa shape index (κ2) is 10.1. The fourth-order valence-electron chi connectivity index (χ4n) is 4.00. The molecule has 1 aliphatic heterocycles. The number of methoxy groups -OCH3 is 1. The number of rotatable bonds is 9. The Morgan fingerprint density at radius 1 is 1.37 bits per heavy atom. The Morgan fingerprint density at radius 3 is 2.78 bits per heavy atom. The summed E-state index contributed by atoms with van der Waals surface area (Å²) in [7, 11) is 5.97. The lowest BCUT2D eigenvalue weighted by Gasteiger charge is -2.43. The van der Waals surface area contributed by atoms with Crippen LogP contribution in [0.3, 0.4) is 0 Å². The normalized spacial score (nSPS) is 22.9. The molecule has 0 radical (unpaired) electrons. The van der Waals surface area contributed by atoms with Crippen LogP contribution in [-0.2, 0) is 14.9 Å². The number of hydrogen-bond donors (Lipinski definition) is 2. The molecule has 1 saturated heterocycles. The molecule has 2 atom stereocenters. The van der Waals surface area contributed by atoms with Crippen LogP contribution >= 0.6 is 0 Å². The van der Waals surface area contributed by atoms with Crippen LogP contribution in [0.1, 0.15) is 45.1 Å². The van der Waals surface area contributed by atoms with E-state index < -0.39 is 0 Å². The Labute approximate surface area is 164 Å². The van der Waals surface area contributed by atoms with Gasteiger partial charge in [0.25, 0.3) is 0 Å². The third-order valence-corrected chi connectivity index (χ3v) is 5.60. The number of amides is 1. The lowest BCUT2D eigenvalue weighted by molar-refractivity contribution is -0.858. The molecule has 0 unspecified atom stereocenters. The summed E-state index contributed by atoms with van der Waals surface area (Å²) < 4.78 is 11.7. The van der Waals surface area contributed by atoms with Gasteiger partial charge >= 0.3 is 0 Å². The molecule has 0 aliphatic carbocycles. The Kier molecular flexibility index (Phi) is 8.11. The second-order valence-electron chi connectivity index (χ2n) is 8.43. The van der Waals surface area contributed by atoms with Gasteiger partial charge in [-0.2, -0.15) is 0 Å². The molecule has 152 valence electrons. The van der Waals surface area contributed by atoms with Gasteiger partial charge in [0.15, 0.2) is 0 Å². The zero-order valence-electron chi connectivity index (χ0n) is 17.6. The van der Waals surface area contributed by atoms with E-state index in [-0.39, 0.29) is 17.4 Å². The zero-order valence-corrected chi connectivity index (χ0v) is 17.6. The summed E-state index contributed by atoms with van der Waals surface area (Å²) in [5, 5.41) is 3.13. The van der Waals surface area contributed by atoms with E-state index in [1.54, 1.807) is 7.11 Å². The molecule has 1 heterocycles. The van der Waals surface area contributed by atoms with Crippen LogP contribution in [0, 0.1) is 5.92 Å². The number of carbonyl (C=O) groups excluding carboxylic acids is 1. The Bertz CT molecular complexity index is 603. The first-order chi connectivity index (χ1) is 12.9. The Morgan fingerprint density at radius 2 is 2.11 bits per heavy atom. The molecule has 2 rings (SSSR count). The second-order valence-corrected chi connectivity index (χ2v) is 8.43. The number of hydrogen-bond acceptors (Lipinski definition) is 3. The van der Waals surface area contributed by atoms with Crippen molar-refractivity contribution < 1.29 is 19.2 Å². The highest BCUT2D eigenvalue weighted by Gasteiger charge is 2.42. The van der Waals surface area contributed by atoms with E-state index in [0.29, 0.717) is 18.9 Å². The quantitative estimate of drug-likeness (QED) is 0.646. The van der Waals surface area contributed by atoms with Crippen molar-refractivity contribution in [2.75, 3.05) is 40.9 Å². The van der Waals surface area contributed by atoms with Crippen molar-refractivity contribution in [1.29, 1.82) is 0 Å². The minimum absolute atomic E-state index is 0.124. The Hall–Kier alpha value is -1.59. The molecular formula is C22H37N2O3+. The van der Waals surface area contributed by atoms with Crippen molar-refractivity contribution >= 4 is 5.91 Å². The number of nitrogens with one attached hydrogen (secondary N) is 2. The summed E-state index contributed by atoms with van der Waals surface area (Å²) in [5.74, 6) is 1.41. The number of carbonyl (C=O) groups is 1. The third kappa shape index (κ3) is 5.94. The van der Waals surface area contributed by atoms with Crippen molar-refractivity contribution in [3.63, 3.8) is 0 Å². The van der Waals surface area contributed by atoms with E-state index in [1.165, 1.54) is 4.90 Å². The van der Waals surface area contributed by atoms with Crippen LogP contribution in [0.5, 0.6) is 5.75 Å². The maximum atomic E-state index is 12.8. The molecule has 2 N–H and O–H groups in total. The molecule has 1 aromatic rings. The predicted molar refractivity (Wildman–Crippen MR) is 108 cm³/mol. The summed E-state index contributed by atoms with van der Waals surface area (Å²) in [4.78, 5) is 14.2. The number of ether oxygens (including phenoxy) is 2. The SMILES string of the molecule is COc1ccccc1[C@]1(CC(=O)NCCC[NH+](C)C)CCO[C@H](C(C)C)C1. The van der Waals surface area contributed by atoms with Gasteiger partial charge in [-0.05, 0) is 24.8 Å². The van der Waals surface area contributed by atoms with Gasteiger partial charge in [0.2, 0.25) is 5.91 Å². The average molecular weight is 378 g/mol. The molecule has 1 amide bonds. The highest BCUT2D eigenvalue weighted by Crippen LogP contribution is 2.45. The first-order valence-electron chi connectivity index (χ1n) is 10.2. The van der Waals surface area contributed by atoms with Crippen molar-refractivity contribution in [3.05, 3.63) is 29.8 Å². The van der Waals surface area contributed by atoms with E-state index in [9.17, 15) is 4.79 Å². The van der Waals surface area contributed by atoms with Gasteiger partial charge in [0.05, 0.1) is 33.9 Å². The van der Waals surface area contributed by atoms with Gasteiger partial charge in [-0.25, -0.2) is 0 Å². The molecule has 0 aromatic heterocycles. The minimum atomic E-state index is -0.239. The van der Waals surface area contributed by atoms with Crippen LogP contribution in [-0.4, -0.2) is 52.9 Å². The lowest BCUT2D eigenvalue weighted by atomic mass is 9.68. The highest BCUT2D eigenvalue weighted by atomic mass is 16.5. The molecule has 1 aromatic carbocycles. The summed E-state index contributed by atoms with van der Waals surface area (Å²) in [6, 6.07) is 8.13. The van der Waals surface area contributed by atoms with Crippen molar-refractivity contribution in [1.82, 2.24) is 5.32 Å². The van der Waals surface area contributed by atoms with Gasteiger partial charge in [-0.3, -0.25) is 4.79 Å². The van der Waals surface area contributed by atoms with Crippen LogP contribution in [0.4, 0.5) is 0 Å². The van der Waals surface area contributed by atoms with Gasteiger partial charge in [0, 0.05) is 37.0 Å². The third-order valence-electron chi connectivity index (χ3n) is 5.60. The molecule has 1 fully saturated rings. The first kappa shape index (κ1) is 21.7. The standard InChI is InChI=1S/C22H36N2O3/c1-17(2)20-15-22(11-14-27-20,18-9-6-7-10-19(18)26-5)16-21(25)23-12-8-13-24(3)4/h6-7,9-10,17,20H,8,11-16H2,1-5H3,(H,23,25)/p+1/t20-,22+/m0/s1. The highest BCUT2D eigenvalue weighted by molar-refractivity contribution is 5.78. The zero-order chi connectivity index (χ0) is 19.9. The maximum Gasteiger partial charge on any atom is 0.220 e. The molecule has 0 spiro atoms. The average Bonchev–Trinajstić information content (AvgIpc) is 2.65. The van der Waals surface area contributed by atoms with E-state index in [0.717, 1.165) is 43.7 Å². The van der Waals surface area contributed by atoms with Crippen LogP contribution < -0.4 is 15.0 Å². The topological polar surface area (TPSA) is 52.0 Å². The van der Waals surface area contributed by atoms with Crippen LogP contribution in [0.2, 0.25) is 0 Å². The molecule has 5 heteroatoms. The predicted octanol–water partition coefficient (Wildman–Crippen LogP) is 1.81. The molecule has 0 bridgehead atoms. The Balaban J connectivity index is 2.19. The summed E-state index contributed by atoms with van der Waals surface area (Å²) in [6.07, 6.45) is 3.32. The van der Waals surface area contributed by atoms with Crippen molar-refractivity contribution in [2.45, 2.75) is 51.0 Å². The van der Waals surface area contributed by atoms with Gasteiger partial charge in [0.1, 0.15) is 5.75 Å².